The number of amides is 2. The van der Waals surface area contributed by atoms with Crippen LogP contribution in [-0.2, 0) is 0 Å². The van der Waals surface area contributed by atoms with Gasteiger partial charge in [-0.1, -0.05) is 12.5 Å². The van der Waals surface area contributed by atoms with Crippen LogP contribution >= 0.6 is 0 Å². The molecule has 126 valence electrons. The number of aryl methyl sites for hydroxylation is 2. The molecule has 0 aliphatic heterocycles. The van der Waals surface area contributed by atoms with E-state index in [9.17, 15) is 4.79 Å². The first kappa shape index (κ1) is 16.2. The highest BCUT2D eigenvalue weighted by Crippen LogP contribution is 2.49. The summed E-state index contributed by atoms with van der Waals surface area (Å²) in [6, 6.07) is 6.06. The average molecular weight is 316 g/mol. The van der Waals surface area contributed by atoms with E-state index >= 15 is 0 Å². The fourth-order valence-electron chi connectivity index (χ4n) is 4.26. The van der Waals surface area contributed by atoms with Crippen molar-refractivity contribution in [2.45, 2.75) is 52.5 Å². The molecule has 0 saturated heterocycles. The lowest BCUT2D eigenvalue weighted by Gasteiger charge is -2.28. The molecule has 23 heavy (non-hydrogen) atoms. The van der Waals surface area contributed by atoms with Gasteiger partial charge in [-0.3, -0.25) is 0 Å². The van der Waals surface area contributed by atoms with E-state index in [4.69, 9.17) is 4.74 Å². The molecule has 0 spiro atoms. The highest BCUT2D eigenvalue weighted by atomic mass is 16.5. The maximum absolute atomic E-state index is 12.0. The van der Waals surface area contributed by atoms with Crippen LogP contribution in [-0.4, -0.2) is 18.8 Å². The number of urea groups is 1. The van der Waals surface area contributed by atoms with Gasteiger partial charge in [0.2, 0.25) is 0 Å². The molecular formula is C19H28N2O2. The second kappa shape index (κ2) is 6.81. The fraction of sp³-hybridized carbons (Fsp3) is 0.632. The van der Waals surface area contributed by atoms with Gasteiger partial charge >= 0.3 is 6.03 Å². The van der Waals surface area contributed by atoms with Gasteiger partial charge in [-0.15, -0.1) is 0 Å². The van der Waals surface area contributed by atoms with Crippen LogP contribution in [0, 0.1) is 31.6 Å². The van der Waals surface area contributed by atoms with E-state index in [2.05, 4.69) is 31.4 Å². The number of carbonyl (C=O) groups excluding carboxylic acids is 1. The lowest BCUT2D eigenvalue weighted by atomic mass is 9.84. The van der Waals surface area contributed by atoms with Crippen LogP contribution in [0.2, 0.25) is 0 Å². The minimum Gasteiger partial charge on any atom is -0.473 e. The Kier molecular flexibility index (Phi) is 4.79. The van der Waals surface area contributed by atoms with Crippen molar-refractivity contribution < 1.29 is 9.53 Å². The first-order valence-corrected chi connectivity index (χ1v) is 8.77. The van der Waals surface area contributed by atoms with Crippen LogP contribution < -0.4 is 15.4 Å². The molecule has 2 N–H and O–H groups in total. The van der Waals surface area contributed by atoms with Crippen molar-refractivity contribution in [1.29, 1.82) is 0 Å². The van der Waals surface area contributed by atoms with Crippen LogP contribution in [0.25, 0.3) is 0 Å². The van der Waals surface area contributed by atoms with Gasteiger partial charge < -0.3 is 15.4 Å². The van der Waals surface area contributed by atoms with E-state index < -0.39 is 0 Å². The van der Waals surface area contributed by atoms with Crippen LogP contribution in [0.5, 0.6) is 5.75 Å². The summed E-state index contributed by atoms with van der Waals surface area (Å²) in [5.41, 5.74) is 2.43. The third kappa shape index (κ3) is 3.80. The number of ether oxygens (including phenoxy) is 1. The Morgan fingerprint density at radius 1 is 1.26 bits per heavy atom. The van der Waals surface area contributed by atoms with E-state index in [1.54, 1.807) is 0 Å². The Labute approximate surface area is 139 Å². The second-order valence-corrected chi connectivity index (χ2v) is 7.31. The summed E-state index contributed by atoms with van der Waals surface area (Å²) in [5.74, 6) is 3.17. The number of fused-ring (bicyclic) bond motifs is 2. The van der Waals surface area contributed by atoms with E-state index in [0.717, 1.165) is 17.6 Å². The quantitative estimate of drug-likeness (QED) is 0.813. The predicted octanol–water partition coefficient (Wildman–Crippen LogP) is 3.76. The van der Waals surface area contributed by atoms with Crippen molar-refractivity contribution in [2.75, 3.05) is 6.73 Å². The summed E-state index contributed by atoms with van der Waals surface area (Å²) in [6.07, 6.45) is 5.39. The second-order valence-electron chi connectivity index (χ2n) is 7.31. The minimum atomic E-state index is -0.135. The summed E-state index contributed by atoms with van der Waals surface area (Å²) in [5, 5.41) is 5.87. The molecule has 1 aromatic rings. The van der Waals surface area contributed by atoms with E-state index in [-0.39, 0.29) is 18.8 Å². The van der Waals surface area contributed by atoms with Crippen molar-refractivity contribution in [1.82, 2.24) is 10.6 Å². The standard InChI is InChI=1S/C19H28N2O2/c1-12-4-7-17(8-13(12)2)23-11-20-19(22)21-14(3)18-10-15-5-6-16(18)9-15/h4,7-8,14-16,18H,5-6,9-11H2,1-3H3,(H2,20,21,22). The molecule has 2 fully saturated rings. The Morgan fingerprint density at radius 2 is 2.09 bits per heavy atom. The molecule has 2 aliphatic carbocycles. The Morgan fingerprint density at radius 3 is 2.74 bits per heavy atom. The van der Waals surface area contributed by atoms with Crippen LogP contribution in [0.15, 0.2) is 18.2 Å². The Balaban J connectivity index is 1.40. The Bertz CT molecular complexity index is 572. The first-order chi connectivity index (χ1) is 11.0. The molecule has 4 unspecified atom stereocenters. The van der Waals surface area contributed by atoms with Gasteiger partial charge in [-0.05, 0) is 81.0 Å². The maximum atomic E-state index is 12.0. The molecule has 4 heteroatoms. The summed E-state index contributed by atoms with van der Waals surface area (Å²) < 4.78 is 5.60. The van der Waals surface area contributed by atoms with Gasteiger partial charge in [0.05, 0.1) is 0 Å². The van der Waals surface area contributed by atoms with Gasteiger partial charge in [0.1, 0.15) is 5.75 Å². The van der Waals surface area contributed by atoms with Crippen LogP contribution in [0.3, 0.4) is 0 Å². The first-order valence-electron chi connectivity index (χ1n) is 8.77. The zero-order valence-corrected chi connectivity index (χ0v) is 14.4. The smallest absolute Gasteiger partial charge is 0.317 e. The van der Waals surface area contributed by atoms with Crippen LogP contribution in [0.1, 0.15) is 43.7 Å². The highest BCUT2D eigenvalue weighted by molar-refractivity contribution is 5.74. The third-order valence-corrected chi connectivity index (χ3v) is 5.74. The van der Waals surface area contributed by atoms with Gasteiger partial charge in [0.15, 0.2) is 6.73 Å². The fourth-order valence-corrected chi connectivity index (χ4v) is 4.26. The molecule has 2 aliphatic rings. The number of hydrogen-bond donors (Lipinski definition) is 2. The summed E-state index contributed by atoms with van der Waals surface area (Å²) in [7, 11) is 0. The maximum Gasteiger partial charge on any atom is 0.317 e. The van der Waals surface area contributed by atoms with Gasteiger partial charge in [0.25, 0.3) is 0 Å². The van der Waals surface area contributed by atoms with E-state index in [1.165, 1.54) is 36.8 Å². The number of nitrogens with one attached hydrogen (secondary N) is 2. The molecule has 2 saturated carbocycles. The lowest BCUT2D eigenvalue weighted by molar-refractivity contribution is 0.207. The molecule has 4 nitrogen and oxygen atoms in total. The minimum absolute atomic E-state index is 0.135. The van der Waals surface area contributed by atoms with Crippen molar-refractivity contribution in [3.8, 4) is 5.75 Å². The van der Waals surface area contributed by atoms with Crippen molar-refractivity contribution in [3.05, 3.63) is 29.3 Å². The molecule has 2 bridgehead atoms. The van der Waals surface area contributed by atoms with Gasteiger partial charge in [0, 0.05) is 6.04 Å². The topological polar surface area (TPSA) is 50.4 Å². The summed E-state index contributed by atoms with van der Waals surface area (Å²) >= 11 is 0. The van der Waals surface area contributed by atoms with Crippen LogP contribution in [0.4, 0.5) is 4.79 Å². The zero-order chi connectivity index (χ0) is 16.4. The molecule has 0 heterocycles. The number of hydrogen-bond acceptors (Lipinski definition) is 2. The zero-order valence-electron chi connectivity index (χ0n) is 14.4. The van der Waals surface area contributed by atoms with Gasteiger partial charge in [-0.25, -0.2) is 4.79 Å². The Hall–Kier alpha value is -1.71. The highest BCUT2D eigenvalue weighted by Gasteiger charge is 2.42. The van der Waals surface area contributed by atoms with E-state index in [0.29, 0.717) is 5.92 Å². The monoisotopic (exact) mass is 316 g/mol. The van der Waals surface area contributed by atoms with E-state index in [1.807, 2.05) is 18.2 Å². The third-order valence-electron chi connectivity index (χ3n) is 5.74. The normalized spacial score (nSPS) is 26.8. The average Bonchev–Trinajstić information content (AvgIpc) is 3.13. The summed E-state index contributed by atoms with van der Waals surface area (Å²) in [4.78, 5) is 12.0. The molecular weight excluding hydrogens is 288 g/mol. The van der Waals surface area contributed by atoms with Crippen molar-refractivity contribution in [2.24, 2.45) is 17.8 Å². The number of carbonyl (C=O) groups is 1. The molecule has 2 amide bonds. The lowest BCUT2D eigenvalue weighted by Crippen LogP contribution is -2.46. The molecule has 0 aromatic heterocycles. The largest absolute Gasteiger partial charge is 0.473 e. The van der Waals surface area contributed by atoms with Crippen molar-refractivity contribution in [3.63, 3.8) is 0 Å². The molecule has 1 aromatic carbocycles. The number of rotatable bonds is 5. The number of benzene rings is 1. The van der Waals surface area contributed by atoms with Crippen molar-refractivity contribution >= 4 is 6.03 Å². The molecule has 3 rings (SSSR count). The molecule has 4 atom stereocenters. The SMILES string of the molecule is Cc1ccc(OCNC(=O)NC(C)C2CC3CCC2C3)cc1C. The van der Waals surface area contributed by atoms with Gasteiger partial charge in [-0.2, -0.15) is 0 Å². The summed E-state index contributed by atoms with van der Waals surface area (Å²) in [6.45, 7) is 6.45. The predicted molar refractivity (Wildman–Crippen MR) is 91.5 cm³/mol. The molecule has 0 radical (unpaired) electrons.